The largest absolute Gasteiger partial charge is 0.484 e. The van der Waals surface area contributed by atoms with Gasteiger partial charge in [-0.25, -0.2) is 4.79 Å². The van der Waals surface area contributed by atoms with Gasteiger partial charge in [0.15, 0.2) is 0 Å². The Bertz CT molecular complexity index is 414. The van der Waals surface area contributed by atoms with E-state index in [0.29, 0.717) is 6.61 Å². The van der Waals surface area contributed by atoms with Crippen LogP contribution in [0.15, 0.2) is 46.1 Å². The van der Waals surface area contributed by atoms with E-state index in [1.807, 2.05) is 30.3 Å². The lowest BCUT2D eigenvalue weighted by molar-refractivity contribution is -0.136. The smallest absolute Gasteiger partial charge is 0.375 e. The zero-order chi connectivity index (χ0) is 13.4. The van der Waals surface area contributed by atoms with Crippen LogP contribution in [0.2, 0.25) is 0 Å². The molecule has 0 aliphatic carbocycles. The molecule has 0 radical (unpaired) electrons. The molecule has 0 atom stereocenters. The monoisotopic (exact) mass is 268 g/mol. The van der Waals surface area contributed by atoms with Crippen LogP contribution in [0.25, 0.3) is 0 Å². The lowest BCUT2D eigenvalue weighted by Gasteiger charge is -2.12. The number of hydrogen-bond donors (Lipinski definition) is 1. The van der Waals surface area contributed by atoms with Crippen LogP contribution in [0.5, 0.6) is 0 Å². The van der Waals surface area contributed by atoms with Crippen molar-refractivity contribution in [1.82, 2.24) is 0 Å². The highest BCUT2D eigenvalue weighted by Gasteiger charge is 2.18. The maximum absolute atomic E-state index is 11.1. The van der Waals surface area contributed by atoms with Crippen molar-refractivity contribution in [2.45, 2.75) is 18.7 Å². The van der Waals surface area contributed by atoms with Gasteiger partial charge in [-0.3, -0.25) is 0 Å². The average molecular weight is 268 g/mol. The highest BCUT2D eigenvalue weighted by atomic mass is 32.2. The van der Waals surface area contributed by atoms with Crippen molar-refractivity contribution >= 4 is 17.7 Å². The molecule has 0 heterocycles. The van der Waals surface area contributed by atoms with Crippen molar-refractivity contribution in [2.75, 3.05) is 13.2 Å². The molecule has 1 N–H and O–H groups in total. The van der Waals surface area contributed by atoms with E-state index >= 15 is 0 Å². The number of benzene rings is 1. The third-order valence-electron chi connectivity index (χ3n) is 1.90. The van der Waals surface area contributed by atoms with Crippen LogP contribution in [0, 0.1) is 0 Å². The van der Waals surface area contributed by atoms with Crippen molar-refractivity contribution in [3.63, 3.8) is 0 Å². The minimum Gasteiger partial charge on any atom is -0.484 e. The van der Waals surface area contributed by atoms with Crippen LogP contribution in [0.3, 0.4) is 0 Å². The molecule has 0 bridgehead atoms. The van der Waals surface area contributed by atoms with Gasteiger partial charge in [0.05, 0.1) is 13.2 Å². The molecule has 0 unspecified atom stereocenters. The number of aliphatic carboxylic acids is 1. The summed E-state index contributed by atoms with van der Waals surface area (Å²) < 4.78 is 10.5. The van der Waals surface area contributed by atoms with Gasteiger partial charge in [-0.2, -0.15) is 0 Å². The molecule has 1 aromatic rings. The Hall–Kier alpha value is -1.62. The number of ether oxygens (including phenoxy) is 2. The number of carbonyl (C=O) groups is 1. The summed E-state index contributed by atoms with van der Waals surface area (Å²) in [6, 6.07) is 9.43. The maximum atomic E-state index is 11.1. The van der Waals surface area contributed by atoms with Crippen LogP contribution < -0.4 is 0 Å². The first-order valence-electron chi connectivity index (χ1n) is 5.65. The number of carboxylic acids is 1. The third-order valence-corrected chi connectivity index (χ3v) is 2.89. The Labute approximate surface area is 111 Å². The minimum atomic E-state index is -1.12. The van der Waals surface area contributed by atoms with E-state index in [-0.39, 0.29) is 17.5 Å². The molecule has 1 aromatic carbocycles. The Morgan fingerprint density at radius 2 is 1.78 bits per heavy atom. The van der Waals surface area contributed by atoms with Crippen LogP contribution in [-0.2, 0) is 14.3 Å². The number of hydrogen-bond acceptors (Lipinski definition) is 4. The van der Waals surface area contributed by atoms with E-state index in [9.17, 15) is 4.79 Å². The zero-order valence-electron chi connectivity index (χ0n) is 10.4. The lowest BCUT2D eigenvalue weighted by Crippen LogP contribution is -2.09. The molecule has 5 heteroatoms. The van der Waals surface area contributed by atoms with E-state index in [0.717, 1.165) is 4.90 Å². The SMILES string of the molecule is CCOC(Sc1ccccc1)=C(OCC)C(=O)O. The molecule has 4 nitrogen and oxygen atoms in total. The number of thioether (sulfide) groups is 1. The summed E-state index contributed by atoms with van der Waals surface area (Å²) in [5.74, 6) is -1.27. The summed E-state index contributed by atoms with van der Waals surface area (Å²) in [6.07, 6.45) is 0. The lowest BCUT2D eigenvalue weighted by atomic mass is 10.4. The van der Waals surface area contributed by atoms with Crippen LogP contribution in [0.1, 0.15) is 13.8 Å². The summed E-state index contributed by atoms with van der Waals surface area (Å²) >= 11 is 1.24. The first-order valence-corrected chi connectivity index (χ1v) is 6.46. The normalized spacial score (nSPS) is 11.7. The predicted molar refractivity (Wildman–Crippen MR) is 70.2 cm³/mol. The Morgan fingerprint density at radius 1 is 1.17 bits per heavy atom. The molecule has 0 aliphatic heterocycles. The van der Waals surface area contributed by atoms with E-state index in [1.54, 1.807) is 13.8 Å². The van der Waals surface area contributed by atoms with Gasteiger partial charge in [0.1, 0.15) is 0 Å². The molecule has 98 valence electrons. The molecule has 0 aliphatic rings. The second-order valence-electron chi connectivity index (χ2n) is 3.20. The van der Waals surface area contributed by atoms with Crippen LogP contribution in [-0.4, -0.2) is 24.3 Å². The molecule has 0 fully saturated rings. The summed E-state index contributed by atoms with van der Waals surface area (Å²) in [5, 5.41) is 9.38. The van der Waals surface area contributed by atoms with Gasteiger partial charge in [-0.15, -0.1) is 0 Å². The fourth-order valence-electron chi connectivity index (χ4n) is 1.22. The van der Waals surface area contributed by atoms with E-state index in [1.165, 1.54) is 11.8 Å². The Kier molecular flexibility index (Phi) is 6.14. The second kappa shape index (κ2) is 7.66. The summed E-state index contributed by atoms with van der Waals surface area (Å²) in [4.78, 5) is 12.0. The van der Waals surface area contributed by atoms with Gasteiger partial charge in [0.25, 0.3) is 5.76 Å². The Morgan fingerprint density at radius 3 is 2.28 bits per heavy atom. The predicted octanol–water partition coefficient (Wildman–Crippen LogP) is 3.11. The summed E-state index contributed by atoms with van der Waals surface area (Å²) in [6.45, 7) is 4.21. The van der Waals surface area contributed by atoms with Crippen LogP contribution >= 0.6 is 11.8 Å². The molecule has 0 saturated carbocycles. The first-order chi connectivity index (χ1) is 8.69. The maximum Gasteiger partial charge on any atom is 0.375 e. The van der Waals surface area contributed by atoms with Gasteiger partial charge < -0.3 is 14.6 Å². The van der Waals surface area contributed by atoms with Gasteiger partial charge in [0, 0.05) is 4.90 Å². The standard InChI is InChI=1S/C13H16O4S/c1-3-16-11(12(14)15)13(17-4-2)18-10-8-6-5-7-9-10/h5-9H,3-4H2,1-2H3,(H,14,15). The molecule has 0 saturated heterocycles. The summed E-state index contributed by atoms with van der Waals surface area (Å²) in [7, 11) is 0. The van der Waals surface area contributed by atoms with Gasteiger partial charge in [0.2, 0.25) is 5.09 Å². The van der Waals surface area contributed by atoms with Crippen LogP contribution in [0.4, 0.5) is 0 Å². The third kappa shape index (κ3) is 4.33. The molecular formula is C13H16O4S. The molecular weight excluding hydrogens is 252 g/mol. The van der Waals surface area contributed by atoms with Crippen molar-refractivity contribution in [3.8, 4) is 0 Å². The molecule has 0 spiro atoms. The topological polar surface area (TPSA) is 55.8 Å². The van der Waals surface area contributed by atoms with Crippen molar-refractivity contribution in [3.05, 3.63) is 41.2 Å². The molecule has 18 heavy (non-hydrogen) atoms. The molecule has 0 amide bonds. The Balaban J connectivity index is 2.99. The highest BCUT2D eigenvalue weighted by molar-refractivity contribution is 8.03. The first kappa shape index (κ1) is 14.4. The van der Waals surface area contributed by atoms with Gasteiger partial charge >= 0.3 is 5.97 Å². The quantitative estimate of drug-likeness (QED) is 0.468. The summed E-state index contributed by atoms with van der Waals surface area (Å²) in [5.41, 5.74) is 0. The number of rotatable bonds is 7. The van der Waals surface area contributed by atoms with E-state index in [4.69, 9.17) is 14.6 Å². The fraction of sp³-hybridized carbons (Fsp3) is 0.308. The van der Waals surface area contributed by atoms with Gasteiger partial charge in [-0.05, 0) is 37.7 Å². The number of carboxylic acid groups (broad SMARTS) is 1. The average Bonchev–Trinajstić information content (AvgIpc) is 2.36. The zero-order valence-corrected chi connectivity index (χ0v) is 11.2. The van der Waals surface area contributed by atoms with Crippen molar-refractivity contribution in [2.24, 2.45) is 0 Å². The van der Waals surface area contributed by atoms with E-state index < -0.39 is 5.97 Å². The molecule has 0 aromatic heterocycles. The second-order valence-corrected chi connectivity index (χ2v) is 4.25. The molecule has 1 rings (SSSR count). The van der Waals surface area contributed by atoms with Crippen molar-refractivity contribution in [1.29, 1.82) is 0 Å². The minimum absolute atomic E-state index is 0.145. The van der Waals surface area contributed by atoms with E-state index in [2.05, 4.69) is 0 Å². The van der Waals surface area contributed by atoms with Gasteiger partial charge in [-0.1, -0.05) is 18.2 Å². The highest BCUT2D eigenvalue weighted by Crippen LogP contribution is 2.30. The van der Waals surface area contributed by atoms with Crippen molar-refractivity contribution < 1.29 is 19.4 Å². The fourth-order valence-corrected chi connectivity index (χ4v) is 2.14.